The van der Waals surface area contributed by atoms with Gasteiger partial charge in [0.2, 0.25) is 10.0 Å². The number of fused-ring (bicyclic) bond motifs is 3. The Morgan fingerprint density at radius 3 is 2.55 bits per heavy atom. The number of thiophene rings is 1. The molecule has 0 saturated heterocycles. The van der Waals surface area contributed by atoms with Gasteiger partial charge in [0, 0.05) is 28.4 Å². The van der Waals surface area contributed by atoms with E-state index in [1.807, 2.05) is 24.4 Å². The van der Waals surface area contributed by atoms with Gasteiger partial charge in [-0.1, -0.05) is 19.1 Å². The van der Waals surface area contributed by atoms with E-state index in [9.17, 15) is 13.2 Å². The molecule has 0 aliphatic carbocycles. The Morgan fingerprint density at radius 2 is 1.86 bits per heavy atom. The van der Waals surface area contributed by atoms with Gasteiger partial charge in [-0.3, -0.25) is 4.79 Å². The summed E-state index contributed by atoms with van der Waals surface area (Å²) in [6.45, 7) is 2.30. The van der Waals surface area contributed by atoms with Crippen LogP contribution in [0.5, 0.6) is 5.75 Å². The van der Waals surface area contributed by atoms with E-state index >= 15 is 0 Å². The number of hydrogen-bond acceptors (Lipinski definition) is 5. The number of methoxy groups -OCH3 is 1. The number of H-pyrrole nitrogens is 1. The van der Waals surface area contributed by atoms with Crippen molar-refractivity contribution >= 4 is 42.3 Å². The molecule has 0 atom stereocenters. The van der Waals surface area contributed by atoms with E-state index in [1.54, 1.807) is 37.4 Å². The van der Waals surface area contributed by atoms with Crippen LogP contribution in [0, 0.1) is 0 Å². The molecule has 150 valence electrons. The smallest absolute Gasteiger partial charge is 0.266 e. The van der Waals surface area contributed by atoms with Gasteiger partial charge >= 0.3 is 0 Å². The summed E-state index contributed by atoms with van der Waals surface area (Å²) in [5.41, 5.74) is 2.21. The first kappa shape index (κ1) is 19.6. The number of ether oxygens (including phenoxy) is 1. The first-order valence-electron chi connectivity index (χ1n) is 9.16. The van der Waals surface area contributed by atoms with Crippen LogP contribution in [0.25, 0.3) is 32.1 Å². The van der Waals surface area contributed by atoms with Gasteiger partial charge in [-0.25, -0.2) is 13.1 Å². The third-order valence-electron chi connectivity index (χ3n) is 4.77. The maximum absolute atomic E-state index is 12.4. The van der Waals surface area contributed by atoms with E-state index in [0.29, 0.717) is 22.5 Å². The molecule has 0 aliphatic heterocycles. The standard InChI is InChI=1S/C21H20N2O4S2/c1-3-11-22-29(25,26)14-6-4-13(5-7-14)18-17(27-2)9-8-16-19(18)15-10-12-28-20(15)21(24)23-16/h4-10,12,22H,3,11H2,1-2H3,(H,23,24). The number of pyridine rings is 1. The van der Waals surface area contributed by atoms with E-state index in [1.165, 1.54) is 11.3 Å². The molecule has 2 heterocycles. The second kappa shape index (κ2) is 7.62. The van der Waals surface area contributed by atoms with Crippen molar-refractivity contribution in [3.8, 4) is 16.9 Å². The Balaban J connectivity index is 1.94. The van der Waals surface area contributed by atoms with Crippen molar-refractivity contribution in [3.63, 3.8) is 0 Å². The maximum Gasteiger partial charge on any atom is 0.266 e. The Kier molecular flexibility index (Phi) is 5.16. The Labute approximate surface area is 172 Å². The lowest BCUT2D eigenvalue weighted by Gasteiger charge is -2.14. The molecule has 2 aromatic heterocycles. The molecule has 0 spiro atoms. The molecule has 0 fully saturated rings. The SMILES string of the molecule is CCCNS(=O)(=O)c1ccc(-c2c(OC)ccc3[nH]c(=O)c4sccc4c23)cc1. The molecule has 29 heavy (non-hydrogen) atoms. The number of aromatic nitrogens is 1. The highest BCUT2D eigenvalue weighted by atomic mass is 32.2. The number of sulfonamides is 1. The van der Waals surface area contributed by atoms with Crippen molar-refractivity contribution in [2.75, 3.05) is 13.7 Å². The van der Waals surface area contributed by atoms with Gasteiger partial charge in [-0.05, 0) is 47.7 Å². The molecule has 0 aliphatic rings. The predicted molar refractivity (Wildman–Crippen MR) is 117 cm³/mol. The van der Waals surface area contributed by atoms with Crippen LogP contribution in [-0.4, -0.2) is 27.1 Å². The molecule has 0 radical (unpaired) electrons. The summed E-state index contributed by atoms with van der Waals surface area (Å²) in [5, 5.41) is 3.61. The molecule has 0 bridgehead atoms. The van der Waals surface area contributed by atoms with Crippen molar-refractivity contribution < 1.29 is 13.2 Å². The highest BCUT2D eigenvalue weighted by Gasteiger charge is 2.18. The van der Waals surface area contributed by atoms with E-state index < -0.39 is 10.0 Å². The zero-order valence-corrected chi connectivity index (χ0v) is 17.6. The molecule has 0 saturated carbocycles. The minimum absolute atomic E-state index is 0.123. The molecule has 0 unspecified atom stereocenters. The molecule has 4 aromatic rings. The lowest BCUT2D eigenvalue weighted by atomic mass is 9.97. The monoisotopic (exact) mass is 428 g/mol. The van der Waals surface area contributed by atoms with Crippen LogP contribution >= 0.6 is 11.3 Å². The van der Waals surface area contributed by atoms with Crippen molar-refractivity contribution in [2.24, 2.45) is 0 Å². The lowest BCUT2D eigenvalue weighted by Crippen LogP contribution is -2.24. The van der Waals surface area contributed by atoms with Gasteiger partial charge in [-0.15, -0.1) is 11.3 Å². The van der Waals surface area contributed by atoms with Crippen LogP contribution in [-0.2, 0) is 10.0 Å². The van der Waals surface area contributed by atoms with Crippen molar-refractivity contribution in [3.05, 3.63) is 58.2 Å². The minimum atomic E-state index is -3.54. The second-order valence-corrected chi connectivity index (χ2v) is 9.29. The second-order valence-electron chi connectivity index (χ2n) is 6.61. The third kappa shape index (κ3) is 3.43. The van der Waals surface area contributed by atoms with E-state index in [-0.39, 0.29) is 10.5 Å². The summed E-state index contributed by atoms with van der Waals surface area (Å²) in [7, 11) is -1.95. The van der Waals surface area contributed by atoms with Crippen LogP contribution in [0.3, 0.4) is 0 Å². The summed E-state index contributed by atoms with van der Waals surface area (Å²) in [6, 6.07) is 12.3. The number of aromatic amines is 1. The molecule has 2 N–H and O–H groups in total. The molecule has 0 amide bonds. The predicted octanol–water partition coefficient (Wildman–Crippen LogP) is 4.11. The Morgan fingerprint density at radius 1 is 1.10 bits per heavy atom. The van der Waals surface area contributed by atoms with Gasteiger partial charge in [0.05, 0.1) is 12.0 Å². The average molecular weight is 429 g/mol. The molecular formula is C21H20N2O4S2. The van der Waals surface area contributed by atoms with E-state index in [0.717, 1.165) is 28.3 Å². The maximum atomic E-state index is 12.4. The van der Waals surface area contributed by atoms with Crippen LogP contribution < -0.4 is 15.0 Å². The molecule has 4 rings (SSSR count). The van der Waals surface area contributed by atoms with Crippen LogP contribution in [0.4, 0.5) is 0 Å². The summed E-state index contributed by atoms with van der Waals surface area (Å²) >= 11 is 1.39. The van der Waals surface area contributed by atoms with Crippen LogP contribution in [0.2, 0.25) is 0 Å². The van der Waals surface area contributed by atoms with Gasteiger partial charge in [-0.2, -0.15) is 0 Å². The molecular weight excluding hydrogens is 408 g/mol. The fourth-order valence-corrected chi connectivity index (χ4v) is 5.33. The summed E-state index contributed by atoms with van der Waals surface area (Å²) in [6.07, 6.45) is 0.722. The lowest BCUT2D eigenvalue weighted by molar-refractivity contribution is 0.417. The molecule has 8 heteroatoms. The third-order valence-corrected chi connectivity index (χ3v) is 7.16. The largest absolute Gasteiger partial charge is 0.496 e. The quantitative estimate of drug-likeness (QED) is 0.484. The summed E-state index contributed by atoms with van der Waals surface area (Å²) in [5.74, 6) is 0.650. The van der Waals surface area contributed by atoms with Gasteiger partial charge in [0.25, 0.3) is 5.56 Å². The highest BCUT2D eigenvalue weighted by molar-refractivity contribution is 7.89. The first-order chi connectivity index (χ1) is 14.0. The van der Waals surface area contributed by atoms with Crippen LogP contribution in [0.15, 0.2) is 57.5 Å². The van der Waals surface area contributed by atoms with Gasteiger partial charge in [0.1, 0.15) is 10.4 Å². The van der Waals surface area contributed by atoms with Gasteiger partial charge < -0.3 is 9.72 Å². The zero-order chi connectivity index (χ0) is 20.6. The normalized spacial score (nSPS) is 11.9. The molecule has 6 nitrogen and oxygen atoms in total. The first-order valence-corrected chi connectivity index (χ1v) is 11.5. The number of hydrogen-bond donors (Lipinski definition) is 2. The van der Waals surface area contributed by atoms with E-state index in [4.69, 9.17) is 4.74 Å². The van der Waals surface area contributed by atoms with Crippen molar-refractivity contribution in [1.29, 1.82) is 0 Å². The number of benzene rings is 2. The van der Waals surface area contributed by atoms with Crippen molar-refractivity contribution in [1.82, 2.24) is 9.71 Å². The fraction of sp³-hybridized carbons (Fsp3) is 0.190. The Hall–Kier alpha value is -2.68. The highest BCUT2D eigenvalue weighted by Crippen LogP contribution is 2.40. The minimum Gasteiger partial charge on any atom is -0.496 e. The van der Waals surface area contributed by atoms with E-state index in [2.05, 4.69) is 9.71 Å². The zero-order valence-electron chi connectivity index (χ0n) is 16.0. The number of rotatable bonds is 6. The van der Waals surface area contributed by atoms with Gasteiger partial charge in [0.15, 0.2) is 0 Å². The fourth-order valence-electron chi connectivity index (χ4n) is 3.41. The number of nitrogens with one attached hydrogen (secondary N) is 2. The summed E-state index contributed by atoms with van der Waals surface area (Å²) < 4.78 is 33.6. The average Bonchev–Trinajstić information content (AvgIpc) is 3.22. The molecule has 2 aromatic carbocycles. The van der Waals surface area contributed by atoms with Crippen molar-refractivity contribution in [2.45, 2.75) is 18.2 Å². The Bertz CT molecular complexity index is 1350. The van der Waals surface area contributed by atoms with Crippen LogP contribution in [0.1, 0.15) is 13.3 Å². The topological polar surface area (TPSA) is 88.3 Å². The summed E-state index contributed by atoms with van der Waals surface area (Å²) in [4.78, 5) is 15.5.